The van der Waals surface area contributed by atoms with Crippen molar-refractivity contribution in [1.29, 1.82) is 10.5 Å². The predicted octanol–water partition coefficient (Wildman–Crippen LogP) is 5.39. The number of ether oxygens (including phenoxy) is 1. The van der Waals surface area contributed by atoms with Crippen LogP contribution < -0.4 is 10.5 Å². The molecule has 3 aromatic rings. The zero-order valence-electron chi connectivity index (χ0n) is 16.1. The third-order valence-corrected chi connectivity index (χ3v) is 5.62. The molecule has 0 radical (unpaired) electrons. The molecule has 30 heavy (non-hydrogen) atoms. The number of nitrogen functional groups attached to an aromatic ring is 1. The van der Waals surface area contributed by atoms with Gasteiger partial charge in [0.25, 0.3) is 0 Å². The molecule has 2 aromatic carbocycles. The normalized spacial score (nSPS) is 11.0. The minimum atomic E-state index is 0.169. The summed E-state index contributed by atoms with van der Waals surface area (Å²) >= 11 is 4.45. The van der Waals surface area contributed by atoms with Crippen LogP contribution in [0.4, 0.5) is 5.82 Å². The first kappa shape index (κ1) is 22.1. The first-order valence-electron chi connectivity index (χ1n) is 9.08. The van der Waals surface area contributed by atoms with Crippen LogP contribution in [0.5, 0.6) is 5.75 Å². The molecule has 3 rings (SSSR count). The van der Waals surface area contributed by atoms with Gasteiger partial charge in [0.05, 0.1) is 21.4 Å². The van der Waals surface area contributed by atoms with Crippen LogP contribution in [-0.4, -0.2) is 16.4 Å². The number of benzene rings is 2. The van der Waals surface area contributed by atoms with Crippen molar-refractivity contribution in [3.8, 4) is 23.6 Å². The lowest BCUT2D eigenvalue weighted by atomic mass is 10.1. The molecule has 0 aliphatic carbocycles. The Bertz CT molecular complexity index is 1190. The van der Waals surface area contributed by atoms with Crippen molar-refractivity contribution in [3.05, 3.63) is 66.4 Å². The van der Waals surface area contributed by atoms with Gasteiger partial charge in [-0.1, -0.05) is 25.1 Å². The standard InChI is InChI=1S/C22H17I2N5O/c1-2-8-30-21-14(10-16(23)11-19(21)24)9-15(12-25)20-18(13-26)22(27)29(28-20)17-6-4-3-5-7-17/h3-7,9-11H,2,8,27H2,1H3. The molecule has 150 valence electrons. The Hall–Kier alpha value is -2.57. The highest BCUT2D eigenvalue weighted by atomic mass is 127. The average Bonchev–Trinajstić information content (AvgIpc) is 3.08. The fourth-order valence-electron chi connectivity index (χ4n) is 2.85. The van der Waals surface area contributed by atoms with Crippen LogP contribution in [0.1, 0.15) is 30.2 Å². The molecule has 8 heteroatoms. The van der Waals surface area contributed by atoms with E-state index in [1.165, 1.54) is 4.68 Å². The van der Waals surface area contributed by atoms with E-state index >= 15 is 0 Å². The average molecular weight is 621 g/mol. The number of hydrogen-bond acceptors (Lipinski definition) is 5. The maximum atomic E-state index is 9.87. The van der Waals surface area contributed by atoms with Crippen molar-refractivity contribution in [2.75, 3.05) is 12.3 Å². The maximum Gasteiger partial charge on any atom is 0.145 e. The number of nitrogens with zero attached hydrogens (tertiary/aromatic N) is 4. The molecule has 1 aromatic heterocycles. The van der Waals surface area contributed by atoms with Gasteiger partial charge in [-0.3, -0.25) is 0 Å². The van der Waals surface area contributed by atoms with Crippen molar-refractivity contribution >= 4 is 62.6 Å². The molecule has 0 saturated heterocycles. The molecule has 0 amide bonds. The van der Waals surface area contributed by atoms with Crippen LogP contribution in [0.15, 0.2) is 42.5 Å². The van der Waals surface area contributed by atoms with E-state index in [4.69, 9.17) is 10.5 Å². The Morgan fingerprint density at radius 3 is 2.60 bits per heavy atom. The highest BCUT2D eigenvalue weighted by Crippen LogP contribution is 2.33. The van der Waals surface area contributed by atoms with Crippen molar-refractivity contribution in [1.82, 2.24) is 9.78 Å². The molecule has 0 saturated carbocycles. The van der Waals surface area contributed by atoms with Gasteiger partial charge in [0.2, 0.25) is 0 Å². The van der Waals surface area contributed by atoms with Gasteiger partial charge >= 0.3 is 0 Å². The number of rotatable bonds is 6. The van der Waals surface area contributed by atoms with Gasteiger partial charge in [0.1, 0.15) is 35.0 Å². The second-order valence-corrected chi connectivity index (χ2v) is 8.70. The van der Waals surface area contributed by atoms with Crippen LogP contribution in [0, 0.1) is 29.8 Å². The first-order valence-corrected chi connectivity index (χ1v) is 11.2. The molecule has 0 bridgehead atoms. The summed E-state index contributed by atoms with van der Waals surface area (Å²) in [4.78, 5) is 0. The second-order valence-electron chi connectivity index (χ2n) is 6.29. The van der Waals surface area contributed by atoms with Crippen LogP contribution in [0.2, 0.25) is 0 Å². The van der Waals surface area contributed by atoms with Crippen molar-refractivity contribution < 1.29 is 4.74 Å². The van der Waals surface area contributed by atoms with Crippen LogP contribution in [0.25, 0.3) is 17.3 Å². The number of nitriles is 2. The maximum absolute atomic E-state index is 9.87. The molecule has 1 heterocycles. The van der Waals surface area contributed by atoms with E-state index in [-0.39, 0.29) is 22.6 Å². The predicted molar refractivity (Wildman–Crippen MR) is 134 cm³/mol. The summed E-state index contributed by atoms with van der Waals surface area (Å²) in [5.74, 6) is 0.902. The molecule has 0 aliphatic heterocycles. The molecule has 0 aliphatic rings. The molecule has 0 spiro atoms. The number of allylic oxidation sites excluding steroid dienone is 1. The summed E-state index contributed by atoms with van der Waals surface area (Å²) in [5.41, 5.74) is 8.32. The van der Waals surface area contributed by atoms with Crippen molar-refractivity contribution in [2.24, 2.45) is 0 Å². The second kappa shape index (κ2) is 9.96. The minimum Gasteiger partial charge on any atom is -0.492 e. The fraction of sp³-hybridized carbons (Fsp3) is 0.136. The molecular weight excluding hydrogens is 604 g/mol. The molecule has 0 atom stereocenters. The Morgan fingerprint density at radius 1 is 1.23 bits per heavy atom. The highest BCUT2D eigenvalue weighted by Gasteiger charge is 2.21. The highest BCUT2D eigenvalue weighted by molar-refractivity contribution is 14.1. The quantitative estimate of drug-likeness (QED) is 0.294. The smallest absolute Gasteiger partial charge is 0.145 e. The third kappa shape index (κ3) is 4.60. The van der Waals surface area contributed by atoms with E-state index < -0.39 is 0 Å². The van der Waals surface area contributed by atoms with Crippen molar-refractivity contribution in [2.45, 2.75) is 13.3 Å². The van der Waals surface area contributed by atoms with E-state index in [1.54, 1.807) is 6.08 Å². The Kier molecular flexibility index (Phi) is 7.34. The Labute approximate surface area is 202 Å². The number of nitrogens with two attached hydrogens (primary N) is 1. The first-order chi connectivity index (χ1) is 14.5. The number of halogens is 2. The summed E-state index contributed by atoms with van der Waals surface area (Å²) < 4.78 is 9.37. The Morgan fingerprint density at radius 2 is 1.97 bits per heavy atom. The summed E-state index contributed by atoms with van der Waals surface area (Å²) in [6, 6.07) is 17.5. The molecule has 0 fully saturated rings. The largest absolute Gasteiger partial charge is 0.492 e. The van der Waals surface area contributed by atoms with Crippen molar-refractivity contribution in [3.63, 3.8) is 0 Å². The molecule has 6 nitrogen and oxygen atoms in total. The van der Waals surface area contributed by atoms with Gasteiger partial charge < -0.3 is 10.5 Å². The van der Waals surface area contributed by atoms with Gasteiger partial charge in [-0.2, -0.15) is 15.6 Å². The number of para-hydroxylation sites is 1. The summed E-state index contributed by atoms with van der Waals surface area (Å²) in [6.07, 6.45) is 2.57. The Balaban J connectivity index is 2.18. The zero-order valence-corrected chi connectivity index (χ0v) is 20.4. The summed E-state index contributed by atoms with van der Waals surface area (Å²) in [6.45, 7) is 2.60. The van der Waals surface area contributed by atoms with Crippen LogP contribution in [-0.2, 0) is 0 Å². The van der Waals surface area contributed by atoms with Gasteiger partial charge in [0, 0.05) is 9.13 Å². The molecule has 0 unspecified atom stereocenters. The van der Waals surface area contributed by atoms with E-state index in [0.29, 0.717) is 18.0 Å². The third-order valence-electron chi connectivity index (χ3n) is 4.20. The van der Waals surface area contributed by atoms with Gasteiger partial charge in [-0.15, -0.1) is 0 Å². The number of aromatic nitrogens is 2. The fourth-order valence-corrected chi connectivity index (χ4v) is 4.89. The number of anilines is 1. The monoisotopic (exact) mass is 621 g/mol. The lowest BCUT2D eigenvalue weighted by Gasteiger charge is -2.12. The lowest BCUT2D eigenvalue weighted by Crippen LogP contribution is -2.02. The zero-order chi connectivity index (χ0) is 21.7. The van der Waals surface area contributed by atoms with Gasteiger partial charge in [-0.05, 0) is 81.9 Å². The topological polar surface area (TPSA) is 101 Å². The summed E-state index contributed by atoms with van der Waals surface area (Å²) in [5, 5.41) is 24.0. The lowest BCUT2D eigenvalue weighted by molar-refractivity contribution is 0.314. The van der Waals surface area contributed by atoms with E-state index in [0.717, 1.165) is 19.1 Å². The van der Waals surface area contributed by atoms with Gasteiger partial charge in [0.15, 0.2) is 0 Å². The van der Waals surface area contributed by atoms with Crippen LogP contribution in [0.3, 0.4) is 0 Å². The van der Waals surface area contributed by atoms with Crippen LogP contribution >= 0.6 is 45.2 Å². The minimum absolute atomic E-state index is 0.169. The number of hydrogen-bond donors (Lipinski definition) is 1. The van der Waals surface area contributed by atoms with E-state index in [1.807, 2.05) is 49.4 Å². The van der Waals surface area contributed by atoms with E-state index in [2.05, 4.69) is 62.4 Å². The van der Waals surface area contributed by atoms with E-state index in [9.17, 15) is 10.5 Å². The van der Waals surface area contributed by atoms with Gasteiger partial charge in [-0.25, -0.2) is 4.68 Å². The SMILES string of the molecule is CCCOc1c(I)cc(I)cc1C=C(C#N)c1nn(-c2ccccc2)c(N)c1C#N. The molecule has 2 N–H and O–H groups in total. The summed E-state index contributed by atoms with van der Waals surface area (Å²) in [7, 11) is 0. The molecular formula is C22H17I2N5O.